The average Bonchev–Trinajstić information content (AvgIpc) is 2.96. The summed E-state index contributed by atoms with van der Waals surface area (Å²) in [5, 5.41) is 9.79. The summed E-state index contributed by atoms with van der Waals surface area (Å²) in [5.41, 5.74) is 1.62. The Hall–Kier alpha value is -2.34. The molecule has 2 rings (SSSR count). The Morgan fingerprint density at radius 2 is 2.10 bits per heavy atom. The van der Waals surface area contributed by atoms with Gasteiger partial charge in [-0.05, 0) is 12.1 Å². The lowest BCUT2D eigenvalue weighted by Gasteiger charge is -2.14. The van der Waals surface area contributed by atoms with Gasteiger partial charge in [0.05, 0.1) is 17.3 Å². The van der Waals surface area contributed by atoms with Gasteiger partial charge in [-0.15, -0.1) is 0 Å². The third-order valence-electron chi connectivity index (χ3n) is 2.96. The van der Waals surface area contributed by atoms with Crippen LogP contribution in [0.5, 0.6) is 0 Å². The minimum atomic E-state index is -0.315. The normalized spacial score (nSPS) is 10.2. The minimum Gasteiger partial charge on any atom is -0.358 e. The lowest BCUT2D eigenvalue weighted by atomic mass is 10.1. The first-order chi connectivity index (χ1) is 10.0. The van der Waals surface area contributed by atoms with Gasteiger partial charge < -0.3 is 10.2 Å². The summed E-state index contributed by atoms with van der Waals surface area (Å²) in [4.78, 5) is 24.8. The molecule has 6 nitrogen and oxygen atoms in total. The van der Waals surface area contributed by atoms with Crippen LogP contribution in [0.4, 0.5) is 0 Å². The van der Waals surface area contributed by atoms with E-state index in [2.05, 4.69) is 15.5 Å². The van der Waals surface area contributed by atoms with E-state index in [9.17, 15) is 9.59 Å². The second-order valence-electron chi connectivity index (χ2n) is 4.48. The van der Waals surface area contributed by atoms with E-state index in [1.807, 2.05) is 18.2 Å². The van der Waals surface area contributed by atoms with E-state index in [0.717, 1.165) is 5.56 Å². The Morgan fingerprint density at radius 1 is 1.38 bits per heavy atom. The van der Waals surface area contributed by atoms with Crippen molar-refractivity contribution in [2.24, 2.45) is 0 Å². The number of carbonyl (C=O) groups is 2. The van der Waals surface area contributed by atoms with Crippen LogP contribution in [0.15, 0.2) is 30.3 Å². The van der Waals surface area contributed by atoms with Crippen molar-refractivity contribution in [3.05, 3.63) is 41.0 Å². The van der Waals surface area contributed by atoms with E-state index in [1.54, 1.807) is 19.2 Å². The van der Waals surface area contributed by atoms with E-state index >= 15 is 0 Å². The molecule has 0 aliphatic rings. The van der Waals surface area contributed by atoms with Gasteiger partial charge in [0, 0.05) is 19.7 Å². The van der Waals surface area contributed by atoms with Crippen LogP contribution in [0.3, 0.4) is 0 Å². The predicted molar refractivity (Wildman–Crippen MR) is 80.1 cm³/mol. The molecule has 21 heavy (non-hydrogen) atoms. The topological polar surface area (TPSA) is 78.1 Å². The molecule has 0 saturated carbocycles. The highest BCUT2D eigenvalue weighted by Gasteiger charge is 2.17. The van der Waals surface area contributed by atoms with Crippen molar-refractivity contribution in [2.45, 2.75) is 0 Å². The van der Waals surface area contributed by atoms with Crippen molar-refractivity contribution in [1.82, 2.24) is 20.4 Å². The van der Waals surface area contributed by atoms with Crippen molar-refractivity contribution in [3.8, 4) is 11.3 Å². The van der Waals surface area contributed by atoms with Gasteiger partial charge in [-0.1, -0.05) is 29.8 Å². The molecule has 0 aliphatic carbocycles. The molecule has 2 amide bonds. The molecule has 0 aliphatic heterocycles. The Balaban J connectivity index is 2.18. The standard InChI is InChI=1S/C14H15ClN4O2/c1-16-13(20)8-19(2)14(21)12-7-11(17-18-12)9-5-3-4-6-10(9)15/h3-7H,8H2,1-2H3,(H,16,20)(H,17,18). The number of H-pyrrole nitrogens is 1. The maximum absolute atomic E-state index is 12.2. The number of carbonyl (C=O) groups excluding carboxylic acids is 2. The first-order valence-corrected chi connectivity index (χ1v) is 6.67. The highest BCUT2D eigenvalue weighted by atomic mass is 35.5. The van der Waals surface area contributed by atoms with E-state index in [1.165, 1.54) is 11.9 Å². The number of hydrogen-bond acceptors (Lipinski definition) is 3. The van der Waals surface area contributed by atoms with Crippen molar-refractivity contribution < 1.29 is 9.59 Å². The summed E-state index contributed by atoms with van der Waals surface area (Å²) < 4.78 is 0. The lowest BCUT2D eigenvalue weighted by Crippen LogP contribution is -2.37. The van der Waals surface area contributed by atoms with Gasteiger partial charge in [-0.2, -0.15) is 5.10 Å². The molecule has 1 aromatic carbocycles. The van der Waals surface area contributed by atoms with Gasteiger partial charge in [0.25, 0.3) is 5.91 Å². The smallest absolute Gasteiger partial charge is 0.272 e. The third kappa shape index (κ3) is 3.41. The predicted octanol–water partition coefficient (Wildman–Crippen LogP) is 1.55. The fourth-order valence-corrected chi connectivity index (χ4v) is 2.04. The quantitative estimate of drug-likeness (QED) is 0.899. The van der Waals surface area contributed by atoms with Gasteiger partial charge in [-0.3, -0.25) is 14.7 Å². The van der Waals surface area contributed by atoms with Crippen LogP contribution in [0.1, 0.15) is 10.5 Å². The van der Waals surface area contributed by atoms with Crippen LogP contribution in [-0.2, 0) is 4.79 Å². The van der Waals surface area contributed by atoms with Gasteiger partial charge in [0.15, 0.2) is 0 Å². The van der Waals surface area contributed by atoms with Gasteiger partial charge in [0.2, 0.25) is 5.91 Å². The molecule has 110 valence electrons. The van der Waals surface area contributed by atoms with Crippen molar-refractivity contribution >= 4 is 23.4 Å². The van der Waals surface area contributed by atoms with Crippen molar-refractivity contribution in [2.75, 3.05) is 20.6 Å². The maximum Gasteiger partial charge on any atom is 0.272 e. The number of halogens is 1. The molecular weight excluding hydrogens is 292 g/mol. The zero-order chi connectivity index (χ0) is 15.4. The Kier molecular flexibility index (Phi) is 4.59. The molecule has 2 N–H and O–H groups in total. The number of nitrogens with zero attached hydrogens (tertiary/aromatic N) is 2. The van der Waals surface area contributed by atoms with Crippen LogP contribution in [-0.4, -0.2) is 47.6 Å². The molecule has 0 bridgehead atoms. The molecular formula is C14H15ClN4O2. The molecule has 0 atom stereocenters. The fourth-order valence-electron chi connectivity index (χ4n) is 1.81. The monoisotopic (exact) mass is 306 g/mol. The van der Waals surface area contributed by atoms with Gasteiger partial charge >= 0.3 is 0 Å². The van der Waals surface area contributed by atoms with Gasteiger partial charge in [-0.25, -0.2) is 0 Å². The third-order valence-corrected chi connectivity index (χ3v) is 3.29. The van der Waals surface area contributed by atoms with Crippen LogP contribution in [0.2, 0.25) is 5.02 Å². The maximum atomic E-state index is 12.2. The number of nitrogens with one attached hydrogen (secondary N) is 2. The summed E-state index contributed by atoms with van der Waals surface area (Å²) in [6.45, 7) is -0.0181. The summed E-state index contributed by atoms with van der Waals surface area (Å²) in [5.74, 6) is -0.555. The zero-order valence-electron chi connectivity index (χ0n) is 11.7. The SMILES string of the molecule is CNC(=O)CN(C)C(=O)c1cc(-c2ccccc2Cl)n[nH]1. The fraction of sp³-hybridized carbons (Fsp3) is 0.214. The molecule has 0 saturated heterocycles. The Labute approximate surface area is 127 Å². The number of likely N-dealkylation sites (N-methyl/N-ethyl adjacent to an activating group) is 2. The molecule has 0 unspecified atom stereocenters. The lowest BCUT2D eigenvalue weighted by molar-refractivity contribution is -0.121. The Bertz CT molecular complexity index is 668. The largest absolute Gasteiger partial charge is 0.358 e. The number of benzene rings is 1. The van der Waals surface area contributed by atoms with Gasteiger partial charge in [0.1, 0.15) is 5.69 Å². The summed E-state index contributed by atoms with van der Waals surface area (Å²) >= 11 is 6.10. The highest BCUT2D eigenvalue weighted by Crippen LogP contribution is 2.26. The number of hydrogen-bond donors (Lipinski definition) is 2. The second-order valence-corrected chi connectivity index (χ2v) is 4.89. The van der Waals surface area contributed by atoms with E-state index in [0.29, 0.717) is 16.4 Å². The highest BCUT2D eigenvalue weighted by molar-refractivity contribution is 6.33. The molecule has 7 heteroatoms. The number of amides is 2. The minimum absolute atomic E-state index is 0.0181. The van der Waals surface area contributed by atoms with E-state index < -0.39 is 0 Å². The second kappa shape index (κ2) is 6.41. The average molecular weight is 307 g/mol. The first kappa shape index (κ1) is 15.1. The zero-order valence-corrected chi connectivity index (χ0v) is 12.4. The van der Waals surface area contributed by atoms with Crippen LogP contribution >= 0.6 is 11.6 Å². The van der Waals surface area contributed by atoms with Crippen LogP contribution < -0.4 is 5.32 Å². The van der Waals surface area contributed by atoms with E-state index in [-0.39, 0.29) is 18.4 Å². The van der Waals surface area contributed by atoms with Crippen molar-refractivity contribution in [3.63, 3.8) is 0 Å². The summed E-state index contributed by atoms with van der Waals surface area (Å²) in [7, 11) is 3.07. The number of aromatic nitrogens is 2. The number of rotatable bonds is 4. The Morgan fingerprint density at radius 3 is 2.76 bits per heavy atom. The van der Waals surface area contributed by atoms with E-state index in [4.69, 9.17) is 11.6 Å². The summed E-state index contributed by atoms with van der Waals surface area (Å²) in [6, 6.07) is 8.85. The molecule has 1 aromatic heterocycles. The van der Waals surface area contributed by atoms with Crippen molar-refractivity contribution in [1.29, 1.82) is 0 Å². The molecule has 0 spiro atoms. The van der Waals surface area contributed by atoms with Crippen LogP contribution in [0.25, 0.3) is 11.3 Å². The molecule has 0 radical (unpaired) electrons. The van der Waals surface area contributed by atoms with Crippen LogP contribution in [0, 0.1) is 0 Å². The molecule has 1 heterocycles. The molecule has 0 fully saturated rings. The summed E-state index contributed by atoms with van der Waals surface area (Å²) in [6.07, 6.45) is 0. The number of aromatic amines is 1. The first-order valence-electron chi connectivity index (χ1n) is 6.29. The molecule has 2 aromatic rings.